The lowest BCUT2D eigenvalue weighted by molar-refractivity contribution is -0.385. The Morgan fingerprint density at radius 3 is 2.62 bits per heavy atom. The van der Waals surface area contributed by atoms with Crippen LogP contribution in [0.15, 0.2) is 12.1 Å². The van der Waals surface area contributed by atoms with E-state index in [4.69, 9.17) is 10.4 Å². The summed E-state index contributed by atoms with van der Waals surface area (Å²) in [6.07, 6.45) is 0.465. The van der Waals surface area contributed by atoms with E-state index >= 15 is 0 Å². The third-order valence-electron chi connectivity index (χ3n) is 2.12. The quantitative estimate of drug-likeness (QED) is 0.616. The molecule has 0 fully saturated rings. The lowest BCUT2D eigenvalue weighted by Crippen LogP contribution is -2.05. The Morgan fingerprint density at radius 1 is 1.62 bits per heavy atom. The first kappa shape index (κ1) is 11.7. The molecule has 0 heterocycles. The normalized spacial score (nSPS) is 9.50. The maximum Gasteiger partial charge on any atom is 0.337 e. The smallest absolute Gasteiger partial charge is 0.337 e. The van der Waals surface area contributed by atoms with Crippen molar-refractivity contribution in [2.45, 2.75) is 13.3 Å². The molecule has 16 heavy (non-hydrogen) atoms. The summed E-state index contributed by atoms with van der Waals surface area (Å²) in [4.78, 5) is 20.8. The van der Waals surface area contributed by atoms with E-state index in [2.05, 4.69) is 0 Å². The van der Waals surface area contributed by atoms with Gasteiger partial charge in [-0.2, -0.15) is 5.26 Å². The molecule has 0 saturated heterocycles. The van der Waals surface area contributed by atoms with Crippen molar-refractivity contribution in [2.75, 3.05) is 0 Å². The highest BCUT2D eigenvalue weighted by atomic mass is 16.6. The van der Waals surface area contributed by atoms with Gasteiger partial charge in [0.25, 0.3) is 5.69 Å². The van der Waals surface area contributed by atoms with Crippen molar-refractivity contribution in [2.24, 2.45) is 0 Å². The predicted molar refractivity (Wildman–Crippen MR) is 54.1 cm³/mol. The number of aromatic carboxylic acids is 1. The topological polar surface area (TPSA) is 104 Å². The first-order chi connectivity index (χ1) is 7.51. The fourth-order valence-corrected chi connectivity index (χ4v) is 1.32. The summed E-state index contributed by atoms with van der Waals surface area (Å²) in [6, 6.07) is 4.07. The average Bonchev–Trinajstić information content (AvgIpc) is 2.26. The number of nitro benzene ring substituents is 1. The summed E-state index contributed by atoms with van der Waals surface area (Å²) < 4.78 is 0. The minimum absolute atomic E-state index is 0.325. The van der Waals surface area contributed by atoms with Gasteiger partial charge in [-0.05, 0) is 18.1 Å². The van der Waals surface area contributed by atoms with Gasteiger partial charge in [-0.15, -0.1) is 0 Å². The highest BCUT2D eigenvalue weighted by Gasteiger charge is 2.22. The molecule has 6 heteroatoms. The zero-order valence-corrected chi connectivity index (χ0v) is 8.43. The molecule has 82 valence electrons. The number of nitriles is 1. The second-order valence-corrected chi connectivity index (χ2v) is 3.07. The average molecular weight is 220 g/mol. The van der Waals surface area contributed by atoms with E-state index in [9.17, 15) is 14.9 Å². The van der Waals surface area contributed by atoms with Gasteiger partial charge in [0, 0.05) is 6.07 Å². The molecule has 0 aromatic heterocycles. The summed E-state index contributed by atoms with van der Waals surface area (Å²) >= 11 is 0. The molecule has 0 unspecified atom stereocenters. The monoisotopic (exact) mass is 220 g/mol. The van der Waals surface area contributed by atoms with Gasteiger partial charge in [-0.1, -0.05) is 6.92 Å². The van der Waals surface area contributed by atoms with Crippen LogP contribution in [0.3, 0.4) is 0 Å². The number of rotatable bonds is 3. The van der Waals surface area contributed by atoms with Crippen LogP contribution in [0.1, 0.15) is 28.4 Å². The number of nitrogens with zero attached hydrogens (tertiary/aromatic N) is 2. The number of carboxylic acid groups (broad SMARTS) is 1. The molecule has 1 rings (SSSR count). The second kappa shape index (κ2) is 4.40. The van der Waals surface area contributed by atoms with Crippen LogP contribution in [-0.2, 0) is 6.42 Å². The van der Waals surface area contributed by atoms with Crippen LogP contribution in [-0.4, -0.2) is 16.0 Å². The van der Waals surface area contributed by atoms with Gasteiger partial charge >= 0.3 is 5.97 Å². The van der Waals surface area contributed by atoms with Gasteiger partial charge in [0.1, 0.15) is 11.6 Å². The van der Waals surface area contributed by atoms with Crippen molar-refractivity contribution >= 4 is 11.7 Å². The largest absolute Gasteiger partial charge is 0.478 e. The third kappa shape index (κ3) is 1.98. The Kier molecular flexibility index (Phi) is 3.20. The summed E-state index contributed by atoms with van der Waals surface area (Å²) in [7, 11) is 0. The Morgan fingerprint density at radius 2 is 2.25 bits per heavy atom. The van der Waals surface area contributed by atoms with E-state index in [-0.39, 0.29) is 5.56 Å². The van der Waals surface area contributed by atoms with Crippen molar-refractivity contribution in [1.29, 1.82) is 5.26 Å². The van der Waals surface area contributed by atoms with Gasteiger partial charge in [0.15, 0.2) is 0 Å². The Labute approximate surface area is 90.9 Å². The van der Waals surface area contributed by atoms with Gasteiger partial charge in [-0.25, -0.2) is 4.79 Å². The molecule has 0 amide bonds. The molecule has 0 radical (unpaired) electrons. The molecule has 0 bridgehead atoms. The van der Waals surface area contributed by atoms with Gasteiger partial charge < -0.3 is 5.11 Å². The van der Waals surface area contributed by atoms with Gasteiger partial charge in [0.05, 0.1) is 10.5 Å². The van der Waals surface area contributed by atoms with Gasteiger partial charge in [0.2, 0.25) is 0 Å². The Balaban J connectivity index is 3.61. The van der Waals surface area contributed by atoms with E-state index in [0.717, 1.165) is 0 Å². The predicted octanol–water partition coefficient (Wildman–Crippen LogP) is 1.73. The lowest BCUT2D eigenvalue weighted by Gasteiger charge is -2.03. The summed E-state index contributed by atoms with van der Waals surface area (Å²) in [5, 5.41) is 28.3. The van der Waals surface area contributed by atoms with E-state index < -0.39 is 22.1 Å². The van der Waals surface area contributed by atoms with E-state index in [0.29, 0.717) is 12.0 Å². The molecular formula is C10H8N2O4. The molecule has 1 aromatic carbocycles. The van der Waals surface area contributed by atoms with Crippen molar-refractivity contribution in [3.63, 3.8) is 0 Å². The SMILES string of the molecule is CCc1cc(C(=O)O)c(C#N)c([N+](=O)[O-])c1. The van der Waals surface area contributed by atoms with Crippen LogP contribution in [0, 0.1) is 21.4 Å². The van der Waals surface area contributed by atoms with E-state index in [1.54, 1.807) is 13.0 Å². The van der Waals surface area contributed by atoms with E-state index in [1.165, 1.54) is 12.1 Å². The first-order valence-electron chi connectivity index (χ1n) is 4.46. The van der Waals surface area contributed by atoms with Crippen LogP contribution in [0.25, 0.3) is 0 Å². The molecule has 6 nitrogen and oxygen atoms in total. The molecule has 1 N–H and O–H groups in total. The number of carboxylic acids is 1. The zero-order valence-electron chi connectivity index (χ0n) is 8.43. The molecule has 0 spiro atoms. The molecule has 1 aromatic rings. The summed E-state index contributed by atoms with van der Waals surface area (Å²) in [5.74, 6) is -1.34. The minimum Gasteiger partial charge on any atom is -0.478 e. The number of carbonyl (C=O) groups is 1. The highest BCUT2D eigenvalue weighted by Crippen LogP contribution is 2.24. The molecule has 0 saturated carbocycles. The summed E-state index contributed by atoms with van der Waals surface area (Å²) in [6.45, 7) is 1.75. The van der Waals surface area contributed by atoms with Crippen molar-refractivity contribution in [3.8, 4) is 6.07 Å². The van der Waals surface area contributed by atoms with Crippen LogP contribution in [0.5, 0.6) is 0 Å². The van der Waals surface area contributed by atoms with Crippen molar-refractivity contribution in [1.82, 2.24) is 0 Å². The van der Waals surface area contributed by atoms with Gasteiger partial charge in [-0.3, -0.25) is 10.1 Å². The number of aryl methyl sites for hydroxylation is 1. The number of hydrogen-bond acceptors (Lipinski definition) is 4. The van der Waals surface area contributed by atoms with E-state index in [1.807, 2.05) is 0 Å². The van der Waals surface area contributed by atoms with Crippen LogP contribution in [0.2, 0.25) is 0 Å². The van der Waals surface area contributed by atoms with Crippen LogP contribution >= 0.6 is 0 Å². The standard InChI is InChI=1S/C10H8N2O4/c1-2-6-3-7(10(13)14)8(5-11)9(4-6)12(15)16/h3-4H,2H2,1H3,(H,13,14). The fourth-order valence-electron chi connectivity index (χ4n) is 1.32. The second-order valence-electron chi connectivity index (χ2n) is 3.07. The Bertz CT molecular complexity index is 467. The lowest BCUT2D eigenvalue weighted by atomic mass is 10.0. The third-order valence-corrected chi connectivity index (χ3v) is 2.12. The molecule has 0 aliphatic heterocycles. The minimum atomic E-state index is -1.34. The highest BCUT2D eigenvalue weighted by molar-refractivity contribution is 5.92. The summed E-state index contributed by atoms with van der Waals surface area (Å²) in [5.41, 5.74) is -0.675. The molecular weight excluding hydrogens is 212 g/mol. The maximum absolute atomic E-state index is 10.8. The maximum atomic E-state index is 10.8. The molecule has 0 aliphatic rings. The Hall–Kier alpha value is -2.42. The van der Waals surface area contributed by atoms with Crippen molar-refractivity contribution in [3.05, 3.63) is 38.9 Å². The van der Waals surface area contributed by atoms with Crippen LogP contribution in [0.4, 0.5) is 5.69 Å². The molecule has 0 aliphatic carbocycles. The number of benzene rings is 1. The number of nitro groups is 1. The first-order valence-corrected chi connectivity index (χ1v) is 4.46. The number of hydrogen-bond donors (Lipinski definition) is 1. The fraction of sp³-hybridized carbons (Fsp3) is 0.200. The molecule has 0 atom stereocenters. The van der Waals surface area contributed by atoms with Crippen molar-refractivity contribution < 1.29 is 14.8 Å². The van der Waals surface area contributed by atoms with Crippen LogP contribution < -0.4 is 0 Å². The zero-order chi connectivity index (χ0) is 12.3.